The molecule has 0 aromatic heterocycles. The molecule has 1 heterocycles. The van der Waals surface area contributed by atoms with Crippen molar-refractivity contribution in [3.05, 3.63) is 86.9 Å². The normalized spacial score (nSPS) is 18.7. The standard InChI is InChI=1S/C22H19N5O5S/c23-12-17-20(13-4-6-15(7-5-13)27(29)30)21-18(2-1-3-19(21)28)26(22(17)24)14-8-10-16(11-9-14)33(25,31)32/h4-11,20H,1-3,24H2,(H2,25,31,32)/t20-/m0/s1. The van der Waals surface area contributed by atoms with E-state index < -0.39 is 20.9 Å². The summed E-state index contributed by atoms with van der Waals surface area (Å²) in [4.78, 5) is 25.1. The summed E-state index contributed by atoms with van der Waals surface area (Å²) in [7, 11) is -3.89. The summed E-state index contributed by atoms with van der Waals surface area (Å²) in [6.07, 6.45) is 1.41. The number of nitrogens with two attached hydrogens (primary N) is 2. The topological polar surface area (TPSA) is 173 Å². The van der Waals surface area contributed by atoms with E-state index in [1.165, 1.54) is 48.5 Å². The number of nitriles is 1. The predicted molar refractivity (Wildman–Crippen MR) is 119 cm³/mol. The van der Waals surface area contributed by atoms with Crippen molar-refractivity contribution >= 4 is 27.2 Å². The monoisotopic (exact) mass is 465 g/mol. The molecule has 0 bridgehead atoms. The molecule has 4 N–H and O–H groups in total. The fourth-order valence-corrected chi connectivity index (χ4v) is 4.80. The fraction of sp³-hybridized carbons (Fsp3) is 0.182. The number of benzene rings is 2. The van der Waals surface area contributed by atoms with Crippen molar-refractivity contribution < 1.29 is 18.1 Å². The van der Waals surface area contributed by atoms with Crippen molar-refractivity contribution in [1.29, 1.82) is 5.26 Å². The maximum atomic E-state index is 13.1. The van der Waals surface area contributed by atoms with Crippen molar-refractivity contribution in [2.75, 3.05) is 4.90 Å². The maximum absolute atomic E-state index is 13.1. The first kappa shape index (κ1) is 22.2. The van der Waals surface area contributed by atoms with E-state index in [1.807, 2.05) is 0 Å². The summed E-state index contributed by atoms with van der Waals surface area (Å²) in [6, 6.07) is 13.5. The summed E-state index contributed by atoms with van der Waals surface area (Å²) in [5, 5.41) is 26.2. The largest absolute Gasteiger partial charge is 0.384 e. The molecular weight excluding hydrogens is 446 g/mol. The van der Waals surface area contributed by atoms with Crippen LogP contribution < -0.4 is 15.8 Å². The Morgan fingerprint density at radius 3 is 2.27 bits per heavy atom. The number of non-ortho nitro benzene ring substituents is 1. The zero-order valence-corrected chi connectivity index (χ0v) is 18.1. The highest BCUT2D eigenvalue weighted by atomic mass is 32.2. The van der Waals surface area contributed by atoms with E-state index in [0.717, 1.165) is 0 Å². The average Bonchev–Trinajstić information content (AvgIpc) is 2.78. The van der Waals surface area contributed by atoms with Gasteiger partial charge in [0.2, 0.25) is 10.0 Å². The zero-order valence-electron chi connectivity index (χ0n) is 17.3. The van der Waals surface area contributed by atoms with E-state index in [4.69, 9.17) is 10.9 Å². The lowest BCUT2D eigenvalue weighted by Gasteiger charge is -2.39. The molecule has 4 rings (SSSR count). The van der Waals surface area contributed by atoms with Gasteiger partial charge >= 0.3 is 0 Å². The van der Waals surface area contributed by atoms with Gasteiger partial charge in [0.05, 0.1) is 27.4 Å². The first-order valence-electron chi connectivity index (χ1n) is 9.97. The lowest BCUT2D eigenvalue weighted by Crippen LogP contribution is -2.38. The molecule has 33 heavy (non-hydrogen) atoms. The second-order valence-corrected chi connectivity index (χ2v) is 9.27. The molecule has 0 unspecified atom stereocenters. The van der Waals surface area contributed by atoms with E-state index in [1.54, 1.807) is 4.90 Å². The Balaban J connectivity index is 1.89. The van der Waals surface area contributed by atoms with E-state index in [-0.39, 0.29) is 27.8 Å². The van der Waals surface area contributed by atoms with Gasteiger partial charge in [0.25, 0.3) is 5.69 Å². The summed E-state index contributed by atoms with van der Waals surface area (Å²) in [6.45, 7) is 0. The first-order chi connectivity index (χ1) is 15.6. The van der Waals surface area contributed by atoms with Gasteiger partial charge in [0, 0.05) is 35.5 Å². The molecule has 10 nitrogen and oxygen atoms in total. The van der Waals surface area contributed by atoms with E-state index in [9.17, 15) is 28.6 Å². The number of nitro groups is 1. The van der Waals surface area contributed by atoms with Crippen molar-refractivity contribution in [2.45, 2.75) is 30.1 Å². The SMILES string of the molecule is N#CC1=C(N)N(c2ccc(S(N)(=O)=O)cc2)C2=C(C(=O)CCC2)[C@H]1c1ccc([N+](=O)[O-])cc1. The van der Waals surface area contributed by atoms with Gasteiger partial charge in [-0.2, -0.15) is 5.26 Å². The molecule has 0 fully saturated rings. The van der Waals surface area contributed by atoms with Crippen LogP contribution in [0, 0.1) is 21.4 Å². The van der Waals surface area contributed by atoms with Crippen LogP contribution in [-0.4, -0.2) is 19.1 Å². The molecule has 2 aliphatic rings. The van der Waals surface area contributed by atoms with Crippen LogP contribution in [0.25, 0.3) is 0 Å². The number of nitrogens with zero attached hydrogens (tertiary/aromatic N) is 3. The molecule has 1 aliphatic heterocycles. The number of primary sulfonamides is 1. The highest BCUT2D eigenvalue weighted by Gasteiger charge is 2.40. The van der Waals surface area contributed by atoms with Crippen LogP contribution in [0.15, 0.2) is 76.1 Å². The molecule has 0 saturated carbocycles. The number of carbonyl (C=O) groups is 1. The van der Waals surface area contributed by atoms with Crippen LogP contribution in [0.4, 0.5) is 11.4 Å². The number of anilines is 1. The molecule has 2 aromatic rings. The molecular formula is C22H19N5O5S. The lowest BCUT2D eigenvalue weighted by molar-refractivity contribution is -0.384. The Morgan fingerprint density at radius 1 is 1.09 bits per heavy atom. The van der Waals surface area contributed by atoms with E-state index in [2.05, 4.69) is 6.07 Å². The van der Waals surface area contributed by atoms with Gasteiger partial charge < -0.3 is 5.73 Å². The smallest absolute Gasteiger partial charge is 0.269 e. The van der Waals surface area contributed by atoms with Crippen LogP contribution in [0.5, 0.6) is 0 Å². The summed E-state index contributed by atoms with van der Waals surface area (Å²) >= 11 is 0. The Labute approximate surface area is 189 Å². The average molecular weight is 465 g/mol. The van der Waals surface area contributed by atoms with Crippen molar-refractivity contribution in [2.24, 2.45) is 10.9 Å². The van der Waals surface area contributed by atoms with Gasteiger partial charge in [-0.1, -0.05) is 12.1 Å². The Morgan fingerprint density at radius 2 is 1.73 bits per heavy atom. The quantitative estimate of drug-likeness (QED) is 0.512. The summed E-state index contributed by atoms with van der Waals surface area (Å²) in [5.41, 5.74) is 8.53. The number of hydrogen-bond acceptors (Lipinski definition) is 8. The van der Waals surface area contributed by atoms with Crippen LogP contribution in [0.3, 0.4) is 0 Å². The minimum absolute atomic E-state index is 0.0796. The highest BCUT2D eigenvalue weighted by molar-refractivity contribution is 7.89. The highest BCUT2D eigenvalue weighted by Crippen LogP contribution is 2.46. The molecule has 2 aromatic carbocycles. The van der Waals surface area contributed by atoms with Crippen molar-refractivity contribution in [3.63, 3.8) is 0 Å². The molecule has 0 spiro atoms. The van der Waals surface area contributed by atoms with Crippen molar-refractivity contribution in [1.82, 2.24) is 0 Å². The minimum Gasteiger partial charge on any atom is -0.384 e. The number of ketones is 1. The van der Waals surface area contributed by atoms with Gasteiger partial charge in [-0.15, -0.1) is 0 Å². The van der Waals surface area contributed by atoms with E-state index >= 15 is 0 Å². The molecule has 1 aliphatic carbocycles. The molecule has 168 valence electrons. The molecule has 0 amide bonds. The lowest BCUT2D eigenvalue weighted by atomic mass is 9.75. The number of allylic oxidation sites excluding steroid dienone is 3. The van der Waals surface area contributed by atoms with Crippen LogP contribution in [0.2, 0.25) is 0 Å². The third-order valence-electron chi connectivity index (χ3n) is 5.77. The summed E-state index contributed by atoms with van der Waals surface area (Å²) < 4.78 is 23.2. The Hall–Kier alpha value is -4.01. The van der Waals surface area contributed by atoms with Crippen LogP contribution in [0.1, 0.15) is 30.7 Å². The number of carbonyl (C=O) groups excluding carboxylic acids is 1. The second kappa shape index (κ2) is 8.16. The Kier molecular flexibility index (Phi) is 5.49. The van der Waals surface area contributed by atoms with Gasteiger partial charge in [-0.05, 0) is 42.7 Å². The molecule has 0 saturated heterocycles. The zero-order chi connectivity index (χ0) is 23.9. The molecule has 1 atom stereocenters. The fourth-order valence-electron chi connectivity index (χ4n) is 4.29. The third kappa shape index (κ3) is 3.86. The van der Waals surface area contributed by atoms with E-state index in [0.29, 0.717) is 41.8 Å². The third-order valence-corrected chi connectivity index (χ3v) is 6.70. The van der Waals surface area contributed by atoms with Gasteiger partial charge in [-0.3, -0.25) is 19.8 Å². The number of sulfonamides is 1. The second-order valence-electron chi connectivity index (χ2n) is 7.70. The number of nitro benzene ring substituents is 1. The Bertz CT molecular complexity index is 1370. The molecule has 11 heteroatoms. The number of hydrogen-bond donors (Lipinski definition) is 2. The van der Waals surface area contributed by atoms with Gasteiger partial charge in [0.1, 0.15) is 5.82 Å². The number of Topliss-reactive ketones (excluding diaryl/α,β-unsaturated/α-hetero) is 1. The van der Waals surface area contributed by atoms with Crippen LogP contribution >= 0.6 is 0 Å². The number of rotatable bonds is 4. The van der Waals surface area contributed by atoms with Gasteiger partial charge in [0.15, 0.2) is 5.78 Å². The van der Waals surface area contributed by atoms with Crippen molar-refractivity contribution in [3.8, 4) is 6.07 Å². The minimum atomic E-state index is -3.89. The molecule has 0 radical (unpaired) electrons. The summed E-state index contributed by atoms with van der Waals surface area (Å²) in [5.74, 6) is -0.776. The van der Waals surface area contributed by atoms with Crippen LogP contribution in [-0.2, 0) is 14.8 Å². The van der Waals surface area contributed by atoms with Gasteiger partial charge in [-0.25, -0.2) is 13.6 Å². The predicted octanol–water partition coefficient (Wildman–Crippen LogP) is 2.55. The maximum Gasteiger partial charge on any atom is 0.269 e. The first-order valence-corrected chi connectivity index (χ1v) is 11.5.